The van der Waals surface area contributed by atoms with Gasteiger partial charge in [0.15, 0.2) is 0 Å². The molecule has 10 heteroatoms. The second-order valence-corrected chi connectivity index (χ2v) is 8.34. The van der Waals surface area contributed by atoms with Gasteiger partial charge in [-0.25, -0.2) is 8.42 Å². The highest BCUT2D eigenvalue weighted by atomic mass is 35.5. The van der Waals surface area contributed by atoms with Gasteiger partial charge in [0.1, 0.15) is 0 Å². The molecule has 1 heterocycles. The second kappa shape index (κ2) is 9.20. The predicted octanol–water partition coefficient (Wildman–Crippen LogP) is 0.686. The summed E-state index contributed by atoms with van der Waals surface area (Å²) in [6.07, 6.45) is 0.584. The van der Waals surface area contributed by atoms with Crippen LogP contribution in [0.3, 0.4) is 0 Å². The topological polar surface area (TPSA) is 122 Å². The number of hydrogen-bond acceptors (Lipinski definition) is 5. The van der Waals surface area contributed by atoms with Crippen molar-refractivity contribution in [1.29, 1.82) is 0 Å². The first-order valence-electron chi connectivity index (χ1n) is 8.14. The van der Waals surface area contributed by atoms with Crippen LogP contribution in [0.2, 0.25) is 0 Å². The molecule has 0 radical (unpaired) electrons. The van der Waals surface area contributed by atoms with E-state index in [0.29, 0.717) is 24.3 Å². The number of rotatable bonds is 6. The summed E-state index contributed by atoms with van der Waals surface area (Å²) in [6, 6.07) is 5.94. The average Bonchev–Trinajstić information content (AvgIpc) is 2.91. The predicted molar refractivity (Wildman–Crippen MR) is 104 cm³/mol. The number of carbonyl (C=O) groups excluding carboxylic acids is 2. The maximum atomic E-state index is 12.0. The molecule has 0 unspecified atom stereocenters. The normalized spacial score (nSPS) is 16.7. The van der Waals surface area contributed by atoms with Crippen LogP contribution >= 0.6 is 12.4 Å². The minimum atomic E-state index is -3.27. The molecular formula is C16H25ClN4O4S. The number of hydrogen-bond donors (Lipinski definition) is 3. The van der Waals surface area contributed by atoms with Crippen molar-refractivity contribution in [3.63, 3.8) is 0 Å². The lowest BCUT2D eigenvalue weighted by Crippen LogP contribution is -2.46. The summed E-state index contributed by atoms with van der Waals surface area (Å²) < 4.78 is 25.3. The first kappa shape index (κ1) is 22.2. The average molecular weight is 405 g/mol. The number of anilines is 2. The van der Waals surface area contributed by atoms with Crippen molar-refractivity contribution in [3.05, 3.63) is 24.3 Å². The third-order valence-electron chi connectivity index (χ3n) is 3.96. The van der Waals surface area contributed by atoms with Gasteiger partial charge in [-0.05, 0) is 30.5 Å². The summed E-state index contributed by atoms with van der Waals surface area (Å²) in [6.45, 7) is 3.87. The zero-order valence-corrected chi connectivity index (χ0v) is 16.4. The van der Waals surface area contributed by atoms with Crippen molar-refractivity contribution in [2.24, 2.45) is 11.7 Å². The molecule has 8 nitrogen and oxygen atoms in total. The summed E-state index contributed by atoms with van der Waals surface area (Å²) in [5.41, 5.74) is 6.69. The Balaban J connectivity index is 0.00000338. The molecule has 1 saturated heterocycles. The Morgan fingerprint density at radius 3 is 2.58 bits per heavy atom. The lowest BCUT2D eigenvalue weighted by molar-refractivity contribution is -0.125. The highest BCUT2D eigenvalue weighted by Crippen LogP contribution is 2.26. The van der Waals surface area contributed by atoms with Crippen LogP contribution in [-0.4, -0.2) is 45.1 Å². The number of halogens is 1. The van der Waals surface area contributed by atoms with Crippen LogP contribution < -0.4 is 20.7 Å². The Hall–Kier alpha value is -1.84. The van der Waals surface area contributed by atoms with Gasteiger partial charge >= 0.3 is 0 Å². The van der Waals surface area contributed by atoms with E-state index in [9.17, 15) is 18.0 Å². The van der Waals surface area contributed by atoms with E-state index in [2.05, 4.69) is 10.6 Å². The van der Waals surface area contributed by atoms with E-state index in [1.807, 2.05) is 13.8 Å². The van der Waals surface area contributed by atoms with Gasteiger partial charge in [-0.2, -0.15) is 0 Å². The van der Waals surface area contributed by atoms with Crippen molar-refractivity contribution in [1.82, 2.24) is 5.32 Å². The molecule has 1 aliphatic heterocycles. The molecule has 0 aromatic heterocycles. The van der Waals surface area contributed by atoms with E-state index in [4.69, 9.17) is 5.73 Å². The Labute approximate surface area is 160 Å². The van der Waals surface area contributed by atoms with Crippen molar-refractivity contribution >= 4 is 45.6 Å². The molecule has 0 spiro atoms. The Kier molecular flexibility index (Phi) is 7.86. The highest BCUT2D eigenvalue weighted by molar-refractivity contribution is 7.93. The number of nitrogens with two attached hydrogens (primary N) is 1. The summed E-state index contributed by atoms with van der Waals surface area (Å²) in [7, 11) is -3.27. The minimum absolute atomic E-state index is 0. The molecule has 0 aliphatic carbocycles. The van der Waals surface area contributed by atoms with E-state index in [1.54, 1.807) is 24.3 Å². The maximum Gasteiger partial charge on any atom is 0.243 e. The van der Waals surface area contributed by atoms with E-state index in [0.717, 1.165) is 0 Å². The molecule has 1 fully saturated rings. The Morgan fingerprint density at radius 2 is 2.00 bits per heavy atom. The zero-order valence-electron chi connectivity index (χ0n) is 14.8. The Bertz CT molecular complexity index is 754. The summed E-state index contributed by atoms with van der Waals surface area (Å²) >= 11 is 0. The van der Waals surface area contributed by atoms with Crippen LogP contribution in [-0.2, 0) is 19.6 Å². The monoisotopic (exact) mass is 404 g/mol. The lowest BCUT2D eigenvalue weighted by Gasteiger charge is -2.18. The standard InChI is InChI=1S/C16H24N4O4S.ClH/c1-11(2)15(17)16(22)18-10-14(21)19-12-5-3-6-13(9-12)20-7-4-8-25(20,23)24;/h3,5-6,9,11,15H,4,7-8,10,17H2,1-2H3,(H,18,22)(H,19,21);1H/t15-;/m0./s1. The van der Waals surface area contributed by atoms with Crippen LogP contribution in [0, 0.1) is 5.92 Å². The first-order valence-corrected chi connectivity index (χ1v) is 9.75. The van der Waals surface area contributed by atoms with Gasteiger partial charge in [-0.15, -0.1) is 12.4 Å². The molecule has 0 saturated carbocycles. The SMILES string of the molecule is CC(C)[C@H](N)C(=O)NCC(=O)Nc1cccc(N2CCCS2(=O)=O)c1.Cl. The molecule has 1 atom stereocenters. The first-order chi connectivity index (χ1) is 11.7. The third kappa shape index (κ3) is 5.58. The van der Waals surface area contributed by atoms with Gasteiger partial charge in [-0.3, -0.25) is 13.9 Å². The highest BCUT2D eigenvalue weighted by Gasteiger charge is 2.28. The van der Waals surface area contributed by atoms with E-state index >= 15 is 0 Å². The maximum absolute atomic E-state index is 12.0. The van der Waals surface area contributed by atoms with Gasteiger partial charge in [0.25, 0.3) is 0 Å². The molecule has 0 bridgehead atoms. The quantitative estimate of drug-likeness (QED) is 0.643. The van der Waals surface area contributed by atoms with E-state index in [1.165, 1.54) is 4.31 Å². The van der Waals surface area contributed by atoms with Crippen molar-refractivity contribution in [2.75, 3.05) is 28.5 Å². The lowest BCUT2D eigenvalue weighted by atomic mass is 10.1. The molecular weight excluding hydrogens is 380 g/mol. The fourth-order valence-electron chi connectivity index (χ4n) is 2.46. The van der Waals surface area contributed by atoms with Crippen molar-refractivity contribution in [3.8, 4) is 0 Å². The summed E-state index contributed by atoms with van der Waals surface area (Å²) in [5.74, 6) is -0.693. The fourth-order valence-corrected chi connectivity index (χ4v) is 4.02. The molecule has 4 N–H and O–H groups in total. The number of nitrogens with one attached hydrogen (secondary N) is 2. The molecule has 1 aliphatic rings. The number of nitrogens with zero attached hydrogens (tertiary/aromatic N) is 1. The van der Waals surface area contributed by atoms with Crippen LogP contribution in [0.15, 0.2) is 24.3 Å². The van der Waals surface area contributed by atoms with Crippen LogP contribution in [0.1, 0.15) is 20.3 Å². The van der Waals surface area contributed by atoms with Crippen LogP contribution in [0.5, 0.6) is 0 Å². The second-order valence-electron chi connectivity index (χ2n) is 6.33. The third-order valence-corrected chi connectivity index (χ3v) is 5.83. The number of amides is 2. The minimum Gasteiger partial charge on any atom is -0.346 e. The molecule has 146 valence electrons. The Morgan fingerprint density at radius 1 is 1.31 bits per heavy atom. The molecule has 2 rings (SSSR count). The van der Waals surface area contributed by atoms with Gasteiger partial charge in [0.05, 0.1) is 24.0 Å². The summed E-state index contributed by atoms with van der Waals surface area (Å²) in [4.78, 5) is 23.7. The van der Waals surface area contributed by atoms with Crippen LogP contribution in [0.4, 0.5) is 11.4 Å². The van der Waals surface area contributed by atoms with Gasteiger partial charge in [0, 0.05) is 12.2 Å². The molecule has 1 aromatic rings. The number of sulfonamides is 1. The zero-order chi connectivity index (χ0) is 18.6. The van der Waals surface area contributed by atoms with Crippen molar-refractivity contribution in [2.45, 2.75) is 26.3 Å². The summed E-state index contributed by atoms with van der Waals surface area (Å²) in [5, 5.41) is 5.12. The number of benzene rings is 1. The van der Waals surface area contributed by atoms with Gasteiger partial charge < -0.3 is 16.4 Å². The molecule has 1 aromatic carbocycles. The van der Waals surface area contributed by atoms with Crippen LogP contribution in [0.25, 0.3) is 0 Å². The molecule has 26 heavy (non-hydrogen) atoms. The fraction of sp³-hybridized carbons (Fsp3) is 0.500. The van der Waals surface area contributed by atoms with E-state index in [-0.39, 0.29) is 36.5 Å². The van der Waals surface area contributed by atoms with Crippen molar-refractivity contribution < 1.29 is 18.0 Å². The smallest absolute Gasteiger partial charge is 0.243 e. The largest absolute Gasteiger partial charge is 0.346 e. The van der Waals surface area contributed by atoms with Gasteiger partial charge in [0.2, 0.25) is 21.8 Å². The number of carbonyl (C=O) groups is 2. The molecule has 2 amide bonds. The van der Waals surface area contributed by atoms with Gasteiger partial charge in [-0.1, -0.05) is 19.9 Å². The van der Waals surface area contributed by atoms with E-state index < -0.39 is 22.0 Å².